The van der Waals surface area contributed by atoms with E-state index >= 15 is 0 Å². The molecule has 1 heterocycles. The van der Waals surface area contributed by atoms with Gasteiger partial charge in [-0.15, -0.1) is 0 Å². The van der Waals surface area contributed by atoms with Gasteiger partial charge in [0.25, 0.3) is 0 Å². The fourth-order valence-corrected chi connectivity index (χ4v) is 1.45. The fraction of sp³-hybridized carbons (Fsp3) is 0.0833. The summed E-state index contributed by atoms with van der Waals surface area (Å²) in [6.07, 6.45) is 1.37. The van der Waals surface area contributed by atoms with Crippen molar-refractivity contribution in [3.63, 3.8) is 0 Å². The third kappa shape index (κ3) is 2.50. The van der Waals surface area contributed by atoms with Gasteiger partial charge < -0.3 is 10.5 Å². The molecule has 0 aliphatic heterocycles. The molecule has 0 bridgehead atoms. The molecule has 0 amide bonds. The molecule has 0 unspecified atom stereocenters. The molecule has 2 N–H and O–H groups in total. The van der Waals surface area contributed by atoms with Gasteiger partial charge in [0.1, 0.15) is 11.4 Å². The first-order chi connectivity index (χ1) is 8.60. The van der Waals surface area contributed by atoms with Crippen LogP contribution < -0.4 is 10.5 Å². The van der Waals surface area contributed by atoms with Crippen LogP contribution in [0.5, 0.6) is 11.6 Å². The monoisotopic (exact) mass is 260 g/mol. The molecule has 5 nitrogen and oxygen atoms in total. The van der Waals surface area contributed by atoms with Crippen LogP contribution in [0.4, 0.5) is 5.69 Å². The largest absolute Gasteiger partial charge is 0.437 e. The summed E-state index contributed by atoms with van der Waals surface area (Å²) in [5, 5.41) is 8.89. The van der Waals surface area contributed by atoms with Gasteiger partial charge in [0.05, 0.1) is 17.8 Å². The maximum atomic E-state index is 8.84. The lowest BCUT2D eigenvalue weighted by Gasteiger charge is -2.09. The van der Waals surface area contributed by atoms with E-state index in [2.05, 4.69) is 9.97 Å². The Bertz CT molecular complexity index is 636. The minimum atomic E-state index is 0.0493. The van der Waals surface area contributed by atoms with Crippen LogP contribution in [-0.4, -0.2) is 9.97 Å². The molecular formula is C12H9ClN4O. The summed E-state index contributed by atoms with van der Waals surface area (Å²) in [4.78, 5) is 7.62. The lowest BCUT2D eigenvalue weighted by molar-refractivity contribution is 0.460. The first kappa shape index (κ1) is 12.1. The highest BCUT2D eigenvalue weighted by molar-refractivity contribution is 6.28. The molecule has 6 heteroatoms. The summed E-state index contributed by atoms with van der Waals surface area (Å²) in [6.45, 7) is 1.86. The van der Waals surface area contributed by atoms with E-state index in [1.165, 1.54) is 6.20 Å². The number of benzene rings is 1. The standard InChI is InChI=1S/C12H9ClN4O/c1-7-2-3-8(5-14)4-10(7)18-11-9(15)6-16-12(13)17-11/h2-4,6H,15H2,1H3. The lowest BCUT2D eigenvalue weighted by Crippen LogP contribution is -1.98. The van der Waals surface area contributed by atoms with Gasteiger partial charge in [-0.05, 0) is 36.2 Å². The molecule has 0 fully saturated rings. The zero-order valence-corrected chi connectivity index (χ0v) is 10.3. The summed E-state index contributed by atoms with van der Waals surface area (Å²) in [7, 11) is 0. The molecule has 90 valence electrons. The van der Waals surface area contributed by atoms with Crippen molar-refractivity contribution < 1.29 is 4.74 Å². The van der Waals surface area contributed by atoms with E-state index in [-0.39, 0.29) is 16.9 Å². The van der Waals surface area contributed by atoms with Crippen molar-refractivity contribution in [3.05, 3.63) is 40.8 Å². The second-order valence-electron chi connectivity index (χ2n) is 3.59. The Balaban J connectivity index is 2.39. The molecule has 2 rings (SSSR count). The fourth-order valence-electron chi connectivity index (χ4n) is 1.32. The number of rotatable bonds is 2. The van der Waals surface area contributed by atoms with Crippen LogP contribution in [0.25, 0.3) is 0 Å². The lowest BCUT2D eigenvalue weighted by atomic mass is 10.1. The van der Waals surface area contributed by atoms with Crippen LogP contribution in [0.3, 0.4) is 0 Å². The van der Waals surface area contributed by atoms with Gasteiger partial charge in [-0.3, -0.25) is 0 Å². The highest BCUT2D eigenvalue weighted by Gasteiger charge is 2.08. The normalized spacial score (nSPS) is 9.83. The van der Waals surface area contributed by atoms with Crippen molar-refractivity contribution in [1.29, 1.82) is 5.26 Å². The zero-order chi connectivity index (χ0) is 13.1. The van der Waals surface area contributed by atoms with Gasteiger partial charge in [0.15, 0.2) is 0 Å². The number of hydrogen-bond donors (Lipinski definition) is 1. The zero-order valence-electron chi connectivity index (χ0n) is 9.51. The molecule has 18 heavy (non-hydrogen) atoms. The SMILES string of the molecule is Cc1ccc(C#N)cc1Oc1nc(Cl)ncc1N. The van der Waals surface area contributed by atoms with E-state index < -0.39 is 0 Å². The quantitative estimate of drug-likeness (QED) is 0.839. The van der Waals surface area contributed by atoms with E-state index in [9.17, 15) is 0 Å². The topological polar surface area (TPSA) is 84.8 Å². The van der Waals surface area contributed by atoms with Gasteiger partial charge in [-0.25, -0.2) is 4.98 Å². The predicted molar refractivity (Wildman–Crippen MR) is 67.4 cm³/mol. The van der Waals surface area contributed by atoms with Crippen LogP contribution in [0.15, 0.2) is 24.4 Å². The number of aryl methyl sites for hydroxylation is 1. The maximum Gasteiger partial charge on any atom is 0.247 e. The Labute approximate surface area is 109 Å². The van der Waals surface area contributed by atoms with Crippen molar-refractivity contribution in [2.75, 3.05) is 5.73 Å². The molecule has 0 aliphatic carbocycles. The number of aromatic nitrogens is 2. The van der Waals surface area contributed by atoms with Crippen LogP contribution in [0, 0.1) is 18.3 Å². The van der Waals surface area contributed by atoms with Crippen molar-refractivity contribution in [1.82, 2.24) is 9.97 Å². The minimum Gasteiger partial charge on any atom is -0.437 e. The number of nitrogens with zero attached hydrogens (tertiary/aromatic N) is 3. The molecule has 2 aromatic rings. The van der Waals surface area contributed by atoms with Crippen LogP contribution in [0.2, 0.25) is 5.28 Å². The number of hydrogen-bond acceptors (Lipinski definition) is 5. The summed E-state index contributed by atoms with van der Waals surface area (Å²) in [6, 6.07) is 7.14. The third-order valence-electron chi connectivity index (χ3n) is 2.27. The Morgan fingerprint density at radius 2 is 2.22 bits per heavy atom. The van der Waals surface area contributed by atoms with Crippen molar-refractivity contribution in [2.24, 2.45) is 0 Å². The van der Waals surface area contributed by atoms with E-state index in [1.807, 2.05) is 13.0 Å². The Morgan fingerprint density at radius 1 is 1.44 bits per heavy atom. The van der Waals surface area contributed by atoms with Crippen LogP contribution in [0.1, 0.15) is 11.1 Å². The number of halogens is 1. The van der Waals surface area contributed by atoms with Gasteiger partial charge in [-0.1, -0.05) is 6.07 Å². The number of nitrogens with two attached hydrogens (primary N) is 1. The third-order valence-corrected chi connectivity index (χ3v) is 2.46. The smallest absolute Gasteiger partial charge is 0.247 e. The molecule has 0 saturated heterocycles. The van der Waals surface area contributed by atoms with Crippen molar-refractivity contribution in [3.8, 4) is 17.7 Å². The highest BCUT2D eigenvalue weighted by Crippen LogP contribution is 2.28. The second kappa shape index (κ2) is 4.90. The number of nitrogen functional groups attached to an aromatic ring is 1. The van der Waals surface area contributed by atoms with Gasteiger partial charge in [0, 0.05) is 0 Å². The second-order valence-corrected chi connectivity index (χ2v) is 3.93. The van der Waals surface area contributed by atoms with E-state index in [1.54, 1.807) is 18.2 Å². The predicted octanol–water partition coefficient (Wildman–Crippen LogP) is 2.68. The molecule has 1 aromatic heterocycles. The maximum absolute atomic E-state index is 8.84. The molecule has 0 saturated carbocycles. The number of ether oxygens (including phenoxy) is 1. The summed E-state index contributed by atoms with van der Waals surface area (Å²) >= 11 is 5.67. The molecular weight excluding hydrogens is 252 g/mol. The summed E-state index contributed by atoms with van der Waals surface area (Å²) in [5.74, 6) is 0.684. The average molecular weight is 261 g/mol. The number of nitriles is 1. The minimum absolute atomic E-state index is 0.0493. The van der Waals surface area contributed by atoms with Crippen LogP contribution in [-0.2, 0) is 0 Å². The summed E-state index contributed by atoms with van der Waals surface area (Å²) in [5.41, 5.74) is 7.32. The van der Waals surface area contributed by atoms with E-state index in [4.69, 9.17) is 27.3 Å². The summed E-state index contributed by atoms with van der Waals surface area (Å²) < 4.78 is 5.55. The van der Waals surface area contributed by atoms with Gasteiger partial charge >= 0.3 is 0 Å². The molecule has 1 aromatic carbocycles. The van der Waals surface area contributed by atoms with Crippen molar-refractivity contribution >= 4 is 17.3 Å². The first-order valence-electron chi connectivity index (χ1n) is 5.07. The molecule has 0 spiro atoms. The number of anilines is 1. The average Bonchev–Trinajstić information content (AvgIpc) is 2.36. The Morgan fingerprint density at radius 3 is 2.94 bits per heavy atom. The van der Waals surface area contributed by atoms with E-state index in [0.29, 0.717) is 11.3 Å². The molecule has 0 atom stereocenters. The van der Waals surface area contributed by atoms with E-state index in [0.717, 1.165) is 5.56 Å². The Kier molecular flexibility index (Phi) is 3.31. The molecule has 0 radical (unpaired) electrons. The Hall–Kier alpha value is -2.32. The van der Waals surface area contributed by atoms with Crippen molar-refractivity contribution in [2.45, 2.75) is 6.92 Å². The molecule has 0 aliphatic rings. The van der Waals surface area contributed by atoms with Crippen LogP contribution >= 0.6 is 11.6 Å². The highest BCUT2D eigenvalue weighted by atomic mass is 35.5. The van der Waals surface area contributed by atoms with Gasteiger partial charge in [0.2, 0.25) is 11.2 Å². The van der Waals surface area contributed by atoms with Gasteiger partial charge in [-0.2, -0.15) is 10.2 Å². The first-order valence-corrected chi connectivity index (χ1v) is 5.44.